The monoisotopic (exact) mass is 685 g/mol. The molecule has 10 atom stereocenters. The van der Waals surface area contributed by atoms with Crippen LogP contribution in [0.1, 0.15) is 73.1 Å². The quantitative estimate of drug-likeness (QED) is 0.130. The van der Waals surface area contributed by atoms with Crippen molar-refractivity contribution in [2.24, 2.45) is 63.7 Å². The van der Waals surface area contributed by atoms with E-state index >= 15 is 0 Å². The minimum absolute atomic E-state index is 0. The van der Waals surface area contributed by atoms with E-state index in [1.165, 1.54) is 12.8 Å². The Bertz CT molecular complexity index is 1170. The van der Waals surface area contributed by atoms with Gasteiger partial charge in [0.1, 0.15) is 12.1 Å². The summed E-state index contributed by atoms with van der Waals surface area (Å²) in [6, 6.07) is -1.27. The number of carbonyl (C=O) groups is 4. The van der Waals surface area contributed by atoms with Crippen LogP contribution in [0.4, 0.5) is 0 Å². The van der Waals surface area contributed by atoms with Crippen LogP contribution in [0, 0.1) is 52.3 Å². The number of hydrogen-bond donors (Lipinski definition) is 8. The normalized spacial score (nSPS) is 33.0. The van der Waals surface area contributed by atoms with Crippen LogP contribution in [0.2, 0.25) is 6.82 Å². The fourth-order valence-electron chi connectivity index (χ4n) is 8.20. The number of primary amides is 2. The Morgan fingerprint density at radius 3 is 1.85 bits per heavy atom. The first-order valence-corrected chi connectivity index (χ1v) is 17.0. The van der Waals surface area contributed by atoms with Crippen molar-refractivity contribution in [3.05, 3.63) is 0 Å². The molecule has 15 heteroatoms. The summed E-state index contributed by atoms with van der Waals surface area (Å²) in [5.74, 6) is 0.532. The van der Waals surface area contributed by atoms with Crippen LogP contribution in [0.15, 0.2) is 0 Å². The molecule has 0 aromatic carbocycles. The van der Waals surface area contributed by atoms with E-state index in [0.717, 1.165) is 31.7 Å². The number of rotatable bonds is 12. The second-order valence-electron chi connectivity index (χ2n) is 16.0. The van der Waals surface area contributed by atoms with Crippen molar-refractivity contribution in [3.63, 3.8) is 0 Å². The molecular formula is C32H57BClN5O8. The van der Waals surface area contributed by atoms with Crippen molar-refractivity contribution >= 4 is 43.1 Å². The van der Waals surface area contributed by atoms with E-state index < -0.39 is 49.1 Å². The molecule has 0 bridgehead atoms. The second-order valence-corrected chi connectivity index (χ2v) is 16.0. The number of piperidine rings is 2. The number of nitrogens with two attached hydrogens (primary N) is 2. The molecular weight excluding hydrogens is 629 g/mol. The molecule has 6 rings (SSSR count). The lowest BCUT2D eigenvalue weighted by atomic mass is 9.81. The smallest absolute Gasteiger partial charge is 0.377 e. The number of hydrogen-bond acceptors (Lipinski definition) is 9. The number of aliphatic carboxylic acids is 1. The predicted octanol–water partition coefficient (Wildman–Crippen LogP) is 0.190. The Kier molecular flexibility index (Phi) is 12.5. The van der Waals surface area contributed by atoms with Gasteiger partial charge in [0.25, 0.3) is 0 Å². The van der Waals surface area contributed by atoms with Gasteiger partial charge >= 0.3 is 13.0 Å². The average Bonchev–Trinajstić information content (AvgIpc) is 3.94. The van der Waals surface area contributed by atoms with Gasteiger partial charge in [-0.2, -0.15) is 0 Å². The molecule has 4 saturated carbocycles. The van der Waals surface area contributed by atoms with Gasteiger partial charge < -0.3 is 47.3 Å². The third kappa shape index (κ3) is 8.99. The number of nitrogens with zero attached hydrogens (tertiary/aromatic N) is 1. The number of carboxylic acid groups (broad SMARTS) is 1. The van der Waals surface area contributed by atoms with Gasteiger partial charge in [-0.15, -0.1) is 12.4 Å². The molecule has 0 radical (unpaired) electrons. The molecule has 2 heterocycles. The Morgan fingerprint density at radius 2 is 1.43 bits per heavy atom. The summed E-state index contributed by atoms with van der Waals surface area (Å²) < 4.78 is 0. The van der Waals surface area contributed by atoms with Gasteiger partial charge in [0.15, 0.2) is 6.10 Å². The molecule has 6 fully saturated rings. The summed E-state index contributed by atoms with van der Waals surface area (Å²) in [4.78, 5) is 47.0. The second kappa shape index (κ2) is 14.9. The van der Waals surface area contributed by atoms with Gasteiger partial charge in [0.05, 0.1) is 12.1 Å². The van der Waals surface area contributed by atoms with Crippen molar-refractivity contribution in [2.45, 2.75) is 110 Å². The van der Waals surface area contributed by atoms with Gasteiger partial charge in [0.2, 0.25) is 17.7 Å². The summed E-state index contributed by atoms with van der Waals surface area (Å²) in [7, 11) is -0.653. The van der Waals surface area contributed by atoms with Crippen LogP contribution in [0.5, 0.6) is 0 Å². The first-order chi connectivity index (χ1) is 21.3. The van der Waals surface area contributed by atoms with Gasteiger partial charge in [0, 0.05) is 0 Å². The molecule has 268 valence electrons. The molecule has 0 aromatic rings. The van der Waals surface area contributed by atoms with Gasteiger partial charge in [-0.25, -0.2) is 0 Å². The van der Waals surface area contributed by atoms with Crippen molar-refractivity contribution in [1.29, 1.82) is 0 Å². The number of nitrogens with one attached hydrogen (secondary N) is 2. The summed E-state index contributed by atoms with van der Waals surface area (Å²) >= 11 is 0. The fourth-order valence-corrected chi connectivity index (χ4v) is 8.20. The molecule has 10 N–H and O–H groups in total. The van der Waals surface area contributed by atoms with E-state index in [1.807, 2.05) is 6.92 Å². The molecule has 2 aliphatic heterocycles. The maximum Gasteiger partial charge on any atom is 0.377 e. The zero-order valence-electron chi connectivity index (χ0n) is 28.6. The molecule has 3 amide bonds. The lowest BCUT2D eigenvalue weighted by molar-refractivity contribution is -0.142. The number of halogens is 1. The van der Waals surface area contributed by atoms with Crippen LogP contribution in [-0.4, -0.2) is 99.3 Å². The summed E-state index contributed by atoms with van der Waals surface area (Å²) in [6.07, 6.45) is 3.99. The van der Waals surface area contributed by atoms with Gasteiger partial charge in [-0.05, 0) is 85.0 Å². The average molecular weight is 686 g/mol. The first kappa shape index (κ1) is 39.5. The van der Waals surface area contributed by atoms with Crippen LogP contribution in [-0.2, 0) is 19.2 Å². The number of fused-ring (bicyclic) bond motifs is 2. The van der Waals surface area contributed by atoms with E-state index in [0.29, 0.717) is 36.6 Å². The van der Waals surface area contributed by atoms with E-state index in [9.17, 15) is 34.4 Å². The molecule has 2 saturated heterocycles. The largest absolute Gasteiger partial charge is 0.480 e. The molecule has 47 heavy (non-hydrogen) atoms. The van der Waals surface area contributed by atoms with Crippen LogP contribution in [0.3, 0.4) is 0 Å². The van der Waals surface area contributed by atoms with Crippen molar-refractivity contribution < 1.29 is 39.5 Å². The molecule has 4 unspecified atom stereocenters. The Hall–Kier alpha value is -1.97. The lowest BCUT2D eigenvalue weighted by Gasteiger charge is -2.28. The zero-order chi connectivity index (χ0) is 34.5. The Morgan fingerprint density at radius 1 is 0.915 bits per heavy atom. The van der Waals surface area contributed by atoms with E-state index in [2.05, 4.69) is 38.3 Å². The maximum absolute atomic E-state index is 12.5. The number of amides is 3. The van der Waals surface area contributed by atoms with Crippen molar-refractivity contribution in [2.75, 3.05) is 13.1 Å². The zero-order valence-corrected chi connectivity index (χ0v) is 29.4. The number of aliphatic hydroxyl groups excluding tert-OH is 2. The number of carboxylic acids is 1. The van der Waals surface area contributed by atoms with Crippen LogP contribution >= 0.6 is 12.4 Å². The topological polar surface area (TPSA) is 229 Å². The highest BCUT2D eigenvalue weighted by Crippen LogP contribution is 2.65. The first-order valence-electron chi connectivity index (χ1n) is 17.0. The van der Waals surface area contributed by atoms with Crippen molar-refractivity contribution in [3.8, 4) is 0 Å². The third-order valence-corrected chi connectivity index (χ3v) is 11.8. The van der Waals surface area contributed by atoms with Crippen LogP contribution < -0.4 is 22.1 Å². The highest BCUT2D eigenvalue weighted by atomic mass is 35.5. The molecule has 0 aromatic heterocycles. The molecule has 6 aliphatic rings. The maximum atomic E-state index is 12.5. The van der Waals surface area contributed by atoms with E-state index in [1.54, 1.807) is 11.6 Å². The number of carbonyl (C=O) groups excluding carboxylic acids is 3. The Balaban J connectivity index is 0.000000201. The fraction of sp³-hybridized carbons (Fsp3) is 0.875. The molecule has 4 aliphatic carbocycles. The summed E-state index contributed by atoms with van der Waals surface area (Å²) in [5.41, 5.74) is 10.5. The molecule has 13 nitrogen and oxygen atoms in total. The highest BCUT2D eigenvalue weighted by Gasteiger charge is 2.69. The highest BCUT2D eigenvalue weighted by molar-refractivity contribution is 6.45. The van der Waals surface area contributed by atoms with Crippen molar-refractivity contribution in [1.82, 2.24) is 15.4 Å². The lowest BCUT2D eigenvalue weighted by Crippen LogP contribution is -2.54. The van der Waals surface area contributed by atoms with Gasteiger partial charge in [-0.1, -0.05) is 60.3 Å². The predicted molar refractivity (Wildman–Crippen MR) is 179 cm³/mol. The Labute approximate surface area is 284 Å². The van der Waals surface area contributed by atoms with Crippen LogP contribution in [0.25, 0.3) is 0 Å². The minimum Gasteiger partial charge on any atom is -0.480 e. The van der Waals surface area contributed by atoms with Gasteiger partial charge in [-0.3, -0.25) is 19.2 Å². The molecule has 0 spiro atoms. The summed E-state index contributed by atoms with van der Waals surface area (Å²) in [6.45, 7) is 13.7. The van der Waals surface area contributed by atoms with E-state index in [-0.39, 0.29) is 47.0 Å². The van der Waals surface area contributed by atoms with E-state index in [4.69, 9.17) is 16.6 Å². The number of aliphatic hydroxyl groups is 2. The standard InChI is InChI=1S/C15H25N3O3.C9H16BNO3.C8H15NO2.ClH/c1-15(2)8-6-17-11(10(8)15)14(21)18-9(5-7-3-4-7)12(19)13(16)20;1-9(2)5-4-11(10(3)14)7(6(5)9)8(12)13;1-5(4-6-2-3-6)7(10)8(9)11;/h7-12,17,19H,3-6H2,1-2H3,(H2,16,20)(H,18,21);5-7,14H,4H2,1-3H3,(H,12,13);5-7,10H,2-4H2,1H3,(H2,9,11);1H/t8-,9?,10-,11-,12?;5-,6-,7-;;/m00../s1. The summed E-state index contributed by atoms with van der Waals surface area (Å²) in [5, 5.41) is 43.8. The third-order valence-electron chi connectivity index (χ3n) is 11.8. The minimum atomic E-state index is -1.31. The SMILES string of the molecule is CB(O)N1C[C@H]2[C@@H]([C@H]1C(=O)O)C2(C)C.CC(CC1CC1)C(O)C(N)=O.CC1(C)[C@@H]2[C@@H](C(=O)NC(CC3CC3)C(O)C(N)=O)NC[C@@H]21.Cl.